The van der Waals surface area contributed by atoms with Gasteiger partial charge in [-0.15, -0.1) is 0 Å². The molecule has 2 aromatic carbocycles. The Balaban J connectivity index is 1.64. The summed E-state index contributed by atoms with van der Waals surface area (Å²) in [6, 6.07) is 13.6. The van der Waals surface area contributed by atoms with Crippen LogP contribution in [0, 0.1) is 10.1 Å². The molecule has 1 unspecified atom stereocenters. The highest BCUT2D eigenvalue weighted by Crippen LogP contribution is 2.40. The highest BCUT2D eigenvalue weighted by Gasteiger charge is 2.38. The number of benzene rings is 2. The normalized spacial score (nSPS) is 14.9. The van der Waals surface area contributed by atoms with Crippen molar-refractivity contribution in [3.63, 3.8) is 0 Å². The summed E-state index contributed by atoms with van der Waals surface area (Å²) in [6.45, 7) is 7.33. The molecule has 10 nitrogen and oxygen atoms in total. The number of carbonyl (C=O) groups excluding carboxylic acids is 2. The molecule has 0 spiro atoms. The van der Waals surface area contributed by atoms with Gasteiger partial charge in [-0.3, -0.25) is 10.1 Å². The molecule has 1 aliphatic heterocycles. The van der Waals surface area contributed by atoms with Gasteiger partial charge in [0, 0.05) is 36.6 Å². The number of nitro benzene ring substituents is 1. The molecule has 3 rings (SSSR count). The second-order valence-corrected chi connectivity index (χ2v) is 9.32. The van der Waals surface area contributed by atoms with Crippen molar-refractivity contribution in [1.82, 2.24) is 5.32 Å². The van der Waals surface area contributed by atoms with Crippen molar-refractivity contribution in [3.8, 4) is 5.75 Å². The van der Waals surface area contributed by atoms with E-state index in [9.17, 15) is 19.7 Å². The third-order valence-corrected chi connectivity index (χ3v) is 6.40. The van der Waals surface area contributed by atoms with E-state index in [1.807, 2.05) is 24.3 Å². The number of nitro groups is 1. The van der Waals surface area contributed by atoms with Gasteiger partial charge in [0.2, 0.25) is 0 Å². The number of nitrogens with zero attached hydrogens (tertiary/aromatic N) is 1. The summed E-state index contributed by atoms with van der Waals surface area (Å²) in [6.07, 6.45) is 2.28. The lowest BCUT2D eigenvalue weighted by Crippen LogP contribution is -2.32. The standard InChI is InChI=1S/C30H36N2O8/c1-5-15-38-18-14-22-10-12-25(13-11-22)39-16-7-17-40-30(34)27-21(3)31-20(2)26(29(33)37-4)28(27)23-8-6-9-24(19-23)32(35)36/h6,8-13,19,28,31H,5,7,14-18H2,1-4H3. The Hall–Kier alpha value is -4.18. The number of nitrogens with one attached hydrogen (secondary N) is 1. The van der Waals surface area contributed by atoms with Crippen molar-refractivity contribution in [2.45, 2.75) is 46.0 Å². The first-order chi connectivity index (χ1) is 19.3. The van der Waals surface area contributed by atoms with Crippen LogP contribution in [0.25, 0.3) is 0 Å². The number of allylic oxidation sites excluding steroid dienone is 2. The number of hydrogen-bond donors (Lipinski definition) is 1. The molecule has 0 aliphatic carbocycles. The van der Waals surface area contributed by atoms with Crippen molar-refractivity contribution < 1.29 is 33.5 Å². The summed E-state index contributed by atoms with van der Waals surface area (Å²) in [7, 11) is 1.24. The molecule has 0 aromatic heterocycles. The molecule has 0 fully saturated rings. The molecule has 1 N–H and O–H groups in total. The van der Waals surface area contributed by atoms with Crippen LogP contribution < -0.4 is 10.1 Å². The minimum absolute atomic E-state index is 0.0837. The summed E-state index contributed by atoms with van der Waals surface area (Å²) >= 11 is 0. The van der Waals surface area contributed by atoms with Gasteiger partial charge in [-0.2, -0.15) is 0 Å². The van der Waals surface area contributed by atoms with E-state index in [-0.39, 0.29) is 23.4 Å². The molecule has 1 aliphatic rings. The maximum atomic E-state index is 13.3. The average molecular weight is 553 g/mol. The SMILES string of the molecule is CCCOCCc1ccc(OCCCOC(=O)C2=C(C)NC(C)=C(C(=O)OC)C2c2cccc([N+](=O)[O-])c2)cc1. The Bertz CT molecular complexity index is 1270. The lowest BCUT2D eigenvalue weighted by Gasteiger charge is -2.30. The maximum absolute atomic E-state index is 13.3. The fourth-order valence-corrected chi connectivity index (χ4v) is 4.48. The van der Waals surface area contributed by atoms with Crippen LogP contribution in [0.3, 0.4) is 0 Å². The van der Waals surface area contributed by atoms with Crippen molar-refractivity contribution >= 4 is 17.6 Å². The molecule has 0 bridgehead atoms. The van der Waals surface area contributed by atoms with E-state index in [1.54, 1.807) is 19.9 Å². The quantitative estimate of drug-likeness (QED) is 0.149. The van der Waals surface area contributed by atoms with E-state index in [2.05, 4.69) is 12.2 Å². The van der Waals surface area contributed by atoms with E-state index >= 15 is 0 Å². The summed E-state index contributed by atoms with van der Waals surface area (Å²) in [5.74, 6) is -1.46. The lowest BCUT2D eigenvalue weighted by molar-refractivity contribution is -0.384. The van der Waals surface area contributed by atoms with Crippen LogP contribution in [0.2, 0.25) is 0 Å². The zero-order chi connectivity index (χ0) is 29.1. The molecule has 1 atom stereocenters. The van der Waals surface area contributed by atoms with Crippen LogP contribution in [-0.2, 0) is 30.2 Å². The minimum Gasteiger partial charge on any atom is -0.493 e. The van der Waals surface area contributed by atoms with Crippen molar-refractivity contribution in [3.05, 3.63) is 92.3 Å². The van der Waals surface area contributed by atoms with Crippen LogP contribution >= 0.6 is 0 Å². The zero-order valence-electron chi connectivity index (χ0n) is 23.4. The molecule has 1 heterocycles. The Morgan fingerprint density at radius 2 is 1.65 bits per heavy atom. The molecule has 40 heavy (non-hydrogen) atoms. The Morgan fingerprint density at radius 1 is 0.950 bits per heavy atom. The van der Waals surface area contributed by atoms with Gasteiger partial charge >= 0.3 is 11.9 Å². The first-order valence-electron chi connectivity index (χ1n) is 13.2. The van der Waals surface area contributed by atoms with Gasteiger partial charge in [-0.25, -0.2) is 9.59 Å². The number of hydrogen-bond acceptors (Lipinski definition) is 9. The fourth-order valence-electron chi connectivity index (χ4n) is 4.48. The first kappa shape index (κ1) is 30.4. The highest BCUT2D eigenvalue weighted by atomic mass is 16.6. The van der Waals surface area contributed by atoms with E-state index < -0.39 is 22.8 Å². The van der Waals surface area contributed by atoms with Gasteiger partial charge in [0.15, 0.2) is 0 Å². The van der Waals surface area contributed by atoms with E-state index in [4.69, 9.17) is 18.9 Å². The zero-order valence-corrected chi connectivity index (χ0v) is 23.4. The molecular weight excluding hydrogens is 516 g/mol. The second-order valence-electron chi connectivity index (χ2n) is 9.32. The monoisotopic (exact) mass is 552 g/mol. The number of esters is 2. The van der Waals surface area contributed by atoms with Crippen LogP contribution in [0.1, 0.15) is 50.7 Å². The maximum Gasteiger partial charge on any atom is 0.336 e. The molecule has 0 amide bonds. The van der Waals surface area contributed by atoms with E-state index in [1.165, 1.54) is 25.3 Å². The number of non-ortho nitro benzene ring substituents is 1. The molecule has 10 heteroatoms. The lowest BCUT2D eigenvalue weighted by atomic mass is 9.80. The van der Waals surface area contributed by atoms with Gasteiger partial charge in [-0.1, -0.05) is 31.2 Å². The first-order valence-corrected chi connectivity index (χ1v) is 13.2. The molecule has 0 radical (unpaired) electrons. The Kier molecular flexibility index (Phi) is 11.3. The number of ether oxygens (including phenoxy) is 4. The molecule has 0 saturated heterocycles. The Morgan fingerprint density at radius 3 is 2.30 bits per heavy atom. The molecule has 214 valence electrons. The smallest absolute Gasteiger partial charge is 0.336 e. The van der Waals surface area contributed by atoms with Gasteiger partial charge < -0.3 is 24.3 Å². The van der Waals surface area contributed by atoms with Crippen molar-refractivity contribution in [2.75, 3.05) is 33.5 Å². The Labute approximate surface area is 234 Å². The van der Waals surface area contributed by atoms with Crippen LogP contribution in [0.15, 0.2) is 71.1 Å². The number of dihydropyridines is 1. The van der Waals surface area contributed by atoms with E-state index in [0.29, 0.717) is 42.3 Å². The van der Waals surface area contributed by atoms with Gasteiger partial charge in [0.1, 0.15) is 5.75 Å². The third-order valence-electron chi connectivity index (χ3n) is 6.40. The molecular formula is C30H36N2O8. The van der Waals surface area contributed by atoms with Crippen LogP contribution in [0.4, 0.5) is 5.69 Å². The van der Waals surface area contributed by atoms with Crippen LogP contribution in [-0.4, -0.2) is 50.4 Å². The number of carbonyl (C=O) groups is 2. The van der Waals surface area contributed by atoms with Gasteiger partial charge in [-0.05, 0) is 49.9 Å². The summed E-state index contributed by atoms with van der Waals surface area (Å²) in [4.78, 5) is 36.9. The van der Waals surface area contributed by atoms with Gasteiger partial charge in [0.05, 0.1) is 48.9 Å². The third kappa shape index (κ3) is 7.92. The van der Waals surface area contributed by atoms with Gasteiger partial charge in [0.25, 0.3) is 5.69 Å². The predicted octanol–water partition coefficient (Wildman–Crippen LogP) is 4.98. The summed E-state index contributed by atoms with van der Waals surface area (Å²) in [5, 5.41) is 14.5. The molecule has 2 aromatic rings. The fraction of sp³-hybridized carbons (Fsp3) is 0.400. The summed E-state index contributed by atoms with van der Waals surface area (Å²) < 4.78 is 21.8. The van der Waals surface area contributed by atoms with Crippen molar-refractivity contribution in [2.24, 2.45) is 0 Å². The second kappa shape index (κ2) is 14.8. The predicted molar refractivity (Wildman–Crippen MR) is 149 cm³/mol. The van der Waals surface area contributed by atoms with E-state index in [0.717, 1.165) is 25.0 Å². The molecule has 0 saturated carbocycles. The largest absolute Gasteiger partial charge is 0.493 e. The topological polar surface area (TPSA) is 126 Å². The number of methoxy groups -OCH3 is 1. The average Bonchev–Trinajstić information content (AvgIpc) is 2.95. The number of rotatable bonds is 14. The summed E-state index contributed by atoms with van der Waals surface area (Å²) in [5.41, 5.74) is 2.77. The van der Waals surface area contributed by atoms with Crippen molar-refractivity contribution in [1.29, 1.82) is 0 Å². The minimum atomic E-state index is -0.900. The van der Waals surface area contributed by atoms with Crippen LogP contribution in [0.5, 0.6) is 5.75 Å². The highest BCUT2D eigenvalue weighted by molar-refractivity contribution is 5.99.